The zero-order valence-electron chi connectivity index (χ0n) is 67.2. The minimum atomic E-state index is 1.00. The number of nitrogens with zero attached hydrogens (tertiary/aromatic N) is 6. The second-order valence-electron chi connectivity index (χ2n) is 31.9. The maximum atomic E-state index is 3.90. The van der Waals surface area contributed by atoms with Crippen LogP contribution >= 0.6 is 0 Å². The number of aromatic amines is 1. The van der Waals surface area contributed by atoms with E-state index in [-0.39, 0.29) is 0 Å². The largest absolute Gasteiger partial charge is 0.355 e. The maximum absolute atomic E-state index is 3.90. The van der Waals surface area contributed by atoms with E-state index in [2.05, 4.69) is 508 Å². The van der Waals surface area contributed by atoms with E-state index >= 15 is 0 Å². The molecule has 578 valence electrons. The van der Waals surface area contributed by atoms with Gasteiger partial charge in [-0.1, -0.05) is 243 Å². The second-order valence-corrected chi connectivity index (χ2v) is 31.9. The number of rotatable bonds is 18. The highest BCUT2D eigenvalue weighted by molar-refractivity contribution is 6.11. The number of benzene rings is 22. The number of hydrogen-bond acceptors (Lipinski definition) is 6. The number of fused-ring (bicyclic) bond motifs is 11. The van der Waals surface area contributed by atoms with Crippen molar-refractivity contribution in [1.82, 2.24) is 4.98 Å². The molecule has 0 spiro atoms. The van der Waals surface area contributed by atoms with Gasteiger partial charge in [-0.25, -0.2) is 0 Å². The Labute approximate surface area is 713 Å². The topological polar surface area (TPSA) is 35.2 Å². The normalized spacial score (nSPS) is 11.6. The summed E-state index contributed by atoms with van der Waals surface area (Å²) in [5, 5.41) is 21.2. The first-order chi connectivity index (χ1) is 60.9. The van der Waals surface area contributed by atoms with Gasteiger partial charge in [0.25, 0.3) is 0 Å². The Balaban J connectivity index is 0.678. The molecule has 23 aromatic rings. The van der Waals surface area contributed by atoms with Crippen LogP contribution in [0.25, 0.3) is 108 Å². The van der Waals surface area contributed by atoms with Gasteiger partial charge in [0.2, 0.25) is 0 Å². The molecule has 0 aliphatic carbocycles. The molecule has 1 N–H and O–H groups in total. The molecule has 1 heterocycles. The van der Waals surface area contributed by atoms with Crippen molar-refractivity contribution < 1.29 is 0 Å². The summed E-state index contributed by atoms with van der Waals surface area (Å²) >= 11 is 0. The van der Waals surface area contributed by atoms with Crippen LogP contribution in [0, 0.1) is 0 Å². The molecule has 0 aliphatic rings. The van der Waals surface area contributed by atoms with E-state index in [4.69, 9.17) is 0 Å². The molecule has 23 rings (SSSR count). The zero-order valence-corrected chi connectivity index (χ0v) is 67.2. The Kier molecular flexibility index (Phi) is 17.8. The number of H-pyrrole nitrogens is 1. The van der Waals surface area contributed by atoms with Crippen molar-refractivity contribution in [2.45, 2.75) is 0 Å². The predicted molar refractivity (Wildman–Crippen MR) is 524 cm³/mol. The van der Waals surface area contributed by atoms with Gasteiger partial charge >= 0.3 is 0 Å². The van der Waals surface area contributed by atoms with Crippen molar-refractivity contribution in [3.05, 3.63) is 473 Å². The van der Waals surface area contributed by atoms with Crippen molar-refractivity contribution in [3.63, 3.8) is 0 Å². The lowest BCUT2D eigenvalue weighted by Gasteiger charge is -2.30. The molecule has 22 aromatic carbocycles. The molecule has 0 bridgehead atoms. The maximum Gasteiger partial charge on any atom is 0.0469 e. The number of aromatic nitrogens is 1. The van der Waals surface area contributed by atoms with Crippen molar-refractivity contribution in [2.75, 3.05) is 29.4 Å². The summed E-state index contributed by atoms with van der Waals surface area (Å²) in [6, 6.07) is 174. The van der Waals surface area contributed by atoms with Gasteiger partial charge in [-0.05, 0) is 317 Å². The van der Waals surface area contributed by atoms with Gasteiger partial charge < -0.3 is 34.4 Å². The second kappa shape index (κ2) is 30.5. The first-order valence-electron chi connectivity index (χ1n) is 42.1. The van der Waals surface area contributed by atoms with Crippen LogP contribution in [0.15, 0.2) is 473 Å². The molecule has 0 fully saturated rings. The summed E-state index contributed by atoms with van der Waals surface area (Å²) in [5.74, 6) is 0. The molecular weight excluding hydrogens is 1490 g/mol. The Morgan fingerprint density at radius 2 is 0.228 bits per heavy atom. The minimum Gasteiger partial charge on any atom is -0.355 e. The van der Waals surface area contributed by atoms with Crippen LogP contribution in [-0.2, 0) is 0 Å². The molecule has 1 aromatic heterocycles. The fraction of sp³-hybridized carbons (Fsp3) is 0. The summed E-state index contributed by atoms with van der Waals surface area (Å²) < 4.78 is 0. The molecule has 123 heavy (non-hydrogen) atoms. The van der Waals surface area contributed by atoms with E-state index in [1.807, 2.05) is 0 Å². The first kappa shape index (κ1) is 71.8. The highest BCUT2D eigenvalue weighted by atomic mass is 15.2. The van der Waals surface area contributed by atoms with Gasteiger partial charge in [-0.2, -0.15) is 0 Å². The Bertz CT molecular complexity index is 6800. The molecule has 0 aliphatic heterocycles. The lowest BCUT2D eigenvalue weighted by atomic mass is 10.1. The van der Waals surface area contributed by atoms with Crippen LogP contribution in [0.4, 0.5) is 102 Å². The molecule has 0 amide bonds. The third-order valence-electron chi connectivity index (χ3n) is 24.5. The van der Waals surface area contributed by atoms with E-state index in [1.165, 1.54) is 86.2 Å². The van der Waals surface area contributed by atoms with Crippen molar-refractivity contribution >= 4 is 210 Å². The average Bonchev–Trinajstić information content (AvgIpc) is 0.978. The highest BCUT2D eigenvalue weighted by Gasteiger charge is 2.25. The summed E-state index contributed by atoms with van der Waals surface area (Å²) in [5.41, 5.74) is 20.8. The molecule has 0 saturated heterocycles. The van der Waals surface area contributed by atoms with Crippen LogP contribution in [0.3, 0.4) is 0 Å². The molecule has 0 atom stereocenters. The number of hydrogen-bond donors (Lipinski definition) is 1. The molecule has 7 heteroatoms. The lowest BCUT2D eigenvalue weighted by Crippen LogP contribution is -2.13. The SMILES string of the molecule is c1ccc2cc(N(c3ccc(N(c4ccc(N(c5ccc6ccccc6c5)c5ccc6ccccc6c5)cc4)c4ccc5[nH]c6ccc(N(c7ccc(N(c8ccc9ccccc9c8)c8ccc9ccccc9c8)cc7)c7ccc(N(c8ccc9ccccc9c8)c8ccc9ccccc9c8)cc7)cc6c5c4)cc3)c3ccc4ccccc4c3)ccc2c1. The van der Waals surface area contributed by atoms with Gasteiger partial charge in [0.15, 0.2) is 0 Å². The molecule has 7 nitrogen and oxygen atoms in total. The molecular formula is C116H79N7. The van der Waals surface area contributed by atoms with Gasteiger partial charge in [0, 0.05) is 124 Å². The van der Waals surface area contributed by atoms with Crippen LogP contribution in [0.2, 0.25) is 0 Å². The van der Waals surface area contributed by atoms with E-state index in [0.29, 0.717) is 0 Å². The third-order valence-corrected chi connectivity index (χ3v) is 24.5. The third kappa shape index (κ3) is 13.5. The average molecular weight is 1570 g/mol. The molecule has 0 saturated carbocycles. The van der Waals surface area contributed by atoms with Crippen molar-refractivity contribution in [2.24, 2.45) is 0 Å². The zero-order chi connectivity index (χ0) is 81.3. The standard InChI is InChI=1S/C116H79N7/c1-9-25-87-69-103(41-33-79(87)17-1)120(104-42-34-80-18-2-10-26-88(80)70-104)99-57-49-95(50-58-99)118(96-51-59-100(60-52-96)121(105-43-35-81-19-3-11-27-89(81)71-105)106-44-36-82-20-4-12-28-90(82)72-106)111-65-67-115-113(77-111)114-78-112(66-68-116(114)117-115)119(97-53-61-101(62-54-97)122(107-45-37-83-21-5-13-29-91(83)73-107)108-46-38-84-22-6-14-30-92(84)74-108)98-55-63-102(64-56-98)123(109-47-39-85-23-7-15-31-93(85)75-109)110-48-40-86-24-8-16-32-94(86)76-110/h1-78,117H. The van der Waals surface area contributed by atoms with E-state index in [1.54, 1.807) is 0 Å². The van der Waals surface area contributed by atoms with E-state index in [0.717, 1.165) is 124 Å². The van der Waals surface area contributed by atoms with E-state index in [9.17, 15) is 0 Å². The smallest absolute Gasteiger partial charge is 0.0469 e. The fourth-order valence-corrected chi connectivity index (χ4v) is 18.4. The van der Waals surface area contributed by atoms with Crippen LogP contribution in [0.1, 0.15) is 0 Å². The minimum absolute atomic E-state index is 1.00. The summed E-state index contributed by atoms with van der Waals surface area (Å²) in [6.45, 7) is 0. The monoisotopic (exact) mass is 1570 g/mol. The quantitative estimate of drug-likeness (QED) is 0.0922. The predicted octanol–water partition coefficient (Wildman–Crippen LogP) is 33.4. The Morgan fingerprint density at radius 1 is 0.106 bits per heavy atom. The van der Waals surface area contributed by atoms with Gasteiger partial charge in [0.05, 0.1) is 0 Å². The first-order valence-corrected chi connectivity index (χ1v) is 42.1. The Morgan fingerprint density at radius 3 is 0.390 bits per heavy atom. The summed E-state index contributed by atoms with van der Waals surface area (Å²) in [6.07, 6.45) is 0. The van der Waals surface area contributed by atoms with Gasteiger partial charge in [-0.15, -0.1) is 0 Å². The van der Waals surface area contributed by atoms with Crippen molar-refractivity contribution in [1.29, 1.82) is 0 Å². The van der Waals surface area contributed by atoms with Crippen LogP contribution in [0.5, 0.6) is 0 Å². The highest BCUT2D eigenvalue weighted by Crippen LogP contribution is 2.49. The molecule has 0 unspecified atom stereocenters. The Hall–Kier alpha value is -16.5. The van der Waals surface area contributed by atoms with Gasteiger partial charge in [-0.3, -0.25) is 0 Å². The van der Waals surface area contributed by atoms with Gasteiger partial charge in [0.1, 0.15) is 0 Å². The molecule has 0 radical (unpaired) electrons. The fourth-order valence-electron chi connectivity index (χ4n) is 18.4. The van der Waals surface area contributed by atoms with Crippen molar-refractivity contribution in [3.8, 4) is 0 Å². The number of anilines is 18. The van der Waals surface area contributed by atoms with Crippen LogP contribution in [-0.4, -0.2) is 4.98 Å². The summed E-state index contributed by atoms with van der Waals surface area (Å²) in [4.78, 5) is 18.3. The van der Waals surface area contributed by atoms with E-state index < -0.39 is 0 Å². The number of nitrogens with one attached hydrogen (secondary N) is 1. The summed E-state index contributed by atoms with van der Waals surface area (Å²) in [7, 11) is 0. The lowest BCUT2D eigenvalue weighted by molar-refractivity contribution is 1.25. The van der Waals surface area contributed by atoms with Crippen LogP contribution < -0.4 is 29.4 Å².